The maximum absolute atomic E-state index is 10.1. The normalized spacial score (nSPS) is 17.8. The van der Waals surface area contributed by atoms with Crippen LogP contribution in [0, 0.1) is 0 Å². The summed E-state index contributed by atoms with van der Waals surface area (Å²) in [5, 5.41) is 14.4. The van der Waals surface area contributed by atoms with Crippen molar-refractivity contribution in [3.05, 3.63) is 35.2 Å². The molecule has 0 radical (unpaired) electrons. The van der Waals surface area contributed by atoms with Crippen molar-refractivity contribution in [3.63, 3.8) is 0 Å². The Kier molecular flexibility index (Phi) is 5.48. The molecule has 1 aliphatic heterocycles. The van der Waals surface area contributed by atoms with Gasteiger partial charge in [0.1, 0.15) is 11.5 Å². The molecule has 1 fully saturated rings. The minimum Gasteiger partial charge on any atom is -0.502 e. The van der Waals surface area contributed by atoms with Gasteiger partial charge in [-0.1, -0.05) is 12.1 Å². The van der Waals surface area contributed by atoms with E-state index in [0.29, 0.717) is 11.5 Å². The highest BCUT2D eigenvalue weighted by molar-refractivity contribution is 5.52. The van der Waals surface area contributed by atoms with Crippen LogP contribution in [0.4, 0.5) is 0 Å². The summed E-state index contributed by atoms with van der Waals surface area (Å²) >= 11 is 0. The van der Waals surface area contributed by atoms with E-state index in [1.165, 1.54) is 0 Å². The van der Waals surface area contributed by atoms with Crippen LogP contribution in [0.15, 0.2) is 22.7 Å². The molecule has 1 aromatic heterocycles. The van der Waals surface area contributed by atoms with E-state index in [2.05, 4.69) is 23.0 Å². The van der Waals surface area contributed by atoms with Crippen molar-refractivity contribution in [2.24, 2.45) is 0 Å². The summed E-state index contributed by atoms with van der Waals surface area (Å²) < 4.78 is 16.0. The number of benzene rings is 1. The molecule has 3 rings (SSSR count). The lowest BCUT2D eigenvalue weighted by Crippen LogP contribution is -2.23. The van der Waals surface area contributed by atoms with Gasteiger partial charge in [0.05, 0.1) is 20.3 Å². The summed E-state index contributed by atoms with van der Waals surface area (Å²) in [4.78, 5) is 2.39. The Balaban J connectivity index is 1.79. The third kappa shape index (κ3) is 3.74. The molecule has 0 amide bonds. The monoisotopic (exact) mass is 346 g/mol. The average Bonchev–Trinajstić information content (AvgIpc) is 3.25. The topological polar surface area (TPSA) is 68.0 Å². The molecule has 1 N–H and O–H groups in total. The Morgan fingerprint density at radius 3 is 2.60 bits per heavy atom. The average molecular weight is 346 g/mol. The summed E-state index contributed by atoms with van der Waals surface area (Å²) in [6.45, 7) is 3.88. The first-order valence-corrected chi connectivity index (χ1v) is 8.79. The number of phenolic OH excluding ortho intramolecular Hbond substituents is 1. The van der Waals surface area contributed by atoms with Crippen molar-refractivity contribution in [2.75, 3.05) is 20.8 Å². The Morgan fingerprint density at radius 2 is 1.96 bits per heavy atom. The van der Waals surface area contributed by atoms with Gasteiger partial charge in [-0.05, 0) is 43.5 Å². The van der Waals surface area contributed by atoms with E-state index in [1.807, 2.05) is 12.1 Å². The maximum atomic E-state index is 10.1. The highest BCUT2D eigenvalue weighted by atomic mass is 16.5. The highest BCUT2D eigenvalue weighted by Gasteiger charge is 2.29. The molecule has 1 saturated heterocycles. The Hall–Kier alpha value is -2.21. The van der Waals surface area contributed by atoms with Crippen LogP contribution in [-0.2, 0) is 13.0 Å². The molecular weight excluding hydrogens is 320 g/mol. The van der Waals surface area contributed by atoms with E-state index in [4.69, 9.17) is 14.0 Å². The Labute approximate surface area is 148 Å². The van der Waals surface area contributed by atoms with Gasteiger partial charge in [-0.2, -0.15) is 0 Å². The molecule has 6 nitrogen and oxygen atoms in total. The van der Waals surface area contributed by atoms with Crippen LogP contribution >= 0.6 is 0 Å². The van der Waals surface area contributed by atoms with E-state index >= 15 is 0 Å². The first-order valence-electron chi connectivity index (χ1n) is 8.79. The minimum absolute atomic E-state index is 0.0347. The molecule has 1 aliphatic rings. The number of aromatic hydroxyl groups is 1. The first kappa shape index (κ1) is 17.6. The van der Waals surface area contributed by atoms with Crippen molar-refractivity contribution in [1.82, 2.24) is 10.1 Å². The van der Waals surface area contributed by atoms with E-state index in [-0.39, 0.29) is 11.8 Å². The summed E-state index contributed by atoms with van der Waals surface area (Å²) in [6.07, 6.45) is 4.18. The zero-order valence-electron chi connectivity index (χ0n) is 15.1. The van der Waals surface area contributed by atoms with Gasteiger partial charge in [0.15, 0.2) is 11.5 Å². The van der Waals surface area contributed by atoms with Gasteiger partial charge < -0.3 is 19.1 Å². The van der Waals surface area contributed by atoms with Crippen molar-refractivity contribution >= 4 is 0 Å². The predicted octanol–water partition coefficient (Wildman–Crippen LogP) is 3.69. The van der Waals surface area contributed by atoms with Gasteiger partial charge >= 0.3 is 0 Å². The molecule has 1 atom stereocenters. The Bertz CT molecular complexity index is 688. The van der Waals surface area contributed by atoms with Gasteiger partial charge in [-0.15, -0.1) is 0 Å². The Morgan fingerprint density at radius 1 is 1.24 bits per heavy atom. The van der Waals surface area contributed by atoms with E-state index in [1.54, 1.807) is 14.2 Å². The first-order chi connectivity index (χ1) is 12.2. The summed E-state index contributed by atoms with van der Waals surface area (Å²) in [5.41, 5.74) is 2.05. The highest BCUT2D eigenvalue weighted by Crippen LogP contribution is 2.39. The number of methoxy groups -OCH3 is 2. The fraction of sp³-hybridized carbons (Fsp3) is 0.526. The lowest BCUT2D eigenvalue weighted by Gasteiger charge is -2.23. The lowest BCUT2D eigenvalue weighted by atomic mass is 10.1. The van der Waals surface area contributed by atoms with Crippen LogP contribution in [0.3, 0.4) is 0 Å². The second-order valence-electron chi connectivity index (χ2n) is 6.45. The number of nitrogens with zero attached hydrogens (tertiary/aromatic N) is 2. The standard InChI is InChI=1S/C19H26N2O4/c1-4-6-14-11-15(20-25-14)16-7-5-8-21(16)12-13-9-17(23-2)19(22)18(10-13)24-3/h9-11,16,22H,4-8,12H2,1-3H3. The van der Waals surface area contributed by atoms with Crippen molar-refractivity contribution in [3.8, 4) is 17.2 Å². The summed E-state index contributed by atoms with van der Waals surface area (Å²) in [6, 6.07) is 6.07. The van der Waals surface area contributed by atoms with E-state index in [9.17, 15) is 5.11 Å². The molecule has 1 aromatic carbocycles. The number of aryl methyl sites for hydroxylation is 1. The molecule has 25 heavy (non-hydrogen) atoms. The second-order valence-corrected chi connectivity index (χ2v) is 6.45. The molecule has 2 aromatic rings. The van der Waals surface area contributed by atoms with E-state index in [0.717, 1.165) is 55.8 Å². The molecule has 0 bridgehead atoms. The predicted molar refractivity (Wildman–Crippen MR) is 94.1 cm³/mol. The number of aromatic nitrogens is 1. The summed E-state index contributed by atoms with van der Waals surface area (Å²) in [5.74, 6) is 1.85. The number of likely N-dealkylation sites (tertiary alicyclic amines) is 1. The number of ether oxygens (including phenoxy) is 2. The maximum Gasteiger partial charge on any atom is 0.200 e. The smallest absolute Gasteiger partial charge is 0.200 e. The molecule has 136 valence electrons. The zero-order valence-corrected chi connectivity index (χ0v) is 15.1. The van der Waals surface area contributed by atoms with Crippen molar-refractivity contribution < 1.29 is 19.1 Å². The molecule has 1 unspecified atom stereocenters. The van der Waals surface area contributed by atoms with Gasteiger partial charge in [0.25, 0.3) is 0 Å². The fourth-order valence-electron chi connectivity index (χ4n) is 3.47. The lowest BCUT2D eigenvalue weighted by molar-refractivity contribution is 0.235. The van der Waals surface area contributed by atoms with Gasteiger partial charge in [-0.3, -0.25) is 4.90 Å². The molecule has 0 aliphatic carbocycles. The number of rotatable bonds is 7. The number of hydrogen-bond acceptors (Lipinski definition) is 6. The number of hydrogen-bond donors (Lipinski definition) is 1. The zero-order chi connectivity index (χ0) is 17.8. The van der Waals surface area contributed by atoms with Gasteiger partial charge in [0.2, 0.25) is 5.75 Å². The minimum atomic E-state index is 0.0347. The van der Waals surface area contributed by atoms with Crippen molar-refractivity contribution in [1.29, 1.82) is 0 Å². The molecule has 0 spiro atoms. The van der Waals surface area contributed by atoms with Crippen LogP contribution in [0.5, 0.6) is 17.2 Å². The van der Waals surface area contributed by atoms with E-state index < -0.39 is 0 Å². The van der Waals surface area contributed by atoms with Gasteiger partial charge in [-0.25, -0.2) is 0 Å². The van der Waals surface area contributed by atoms with Crippen molar-refractivity contribution in [2.45, 2.75) is 45.2 Å². The van der Waals surface area contributed by atoms with Gasteiger partial charge in [0, 0.05) is 19.0 Å². The fourth-order valence-corrected chi connectivity index (χ4v) is 3.47. The quantitative estimate of drug-likeness (QED) is 0.825. The summed E-state index contributed by atoms with van der Waals surface area (Å²) in [7, 11) is 3.09. The van der Waals surface area contributed by atoms with Crippen LogP contribution in [-0.4, -0.2) is 35.9 Å². The number of phenols is 1. The van der Waals surface area contributed by atoms with Crippen LogP contribution in [0.25, 0.3) is 0 Å². The third-order valence-corrected chi connectivity index (χ3v) is 4.70. The second kappa shape index (κ2) is 7.78. The van der Waals surface area contributed by atoms with Crippen LogP contribution in [0.2, 0.25) is 0 Å². The van der Waals surface area contributed by atoms with Crippen LogP contribution in [0.1, 0.15) is 49.2 Å². The largest absolute Gasteiger partial charge is 0.502 e. The third-order valence-electron chi connectivity index (χ3n) is 4.70. The SMILES string of the molecule is CCCc1cc(C2CCCN2Cc2cc(OC)c(O)c(OC)c2)no1. The molecular formula is C19H26N2O4. The molecule has 6 heteroatoms. The molecule has 0 saturated carbocycles. The van der Waals surface area contributed by atoms with Crippen LogP contribution < -0.4 is 9.47 Å². The molecule has 2 heterocycles.